The number of fused-ring (bicyclic) bond motifs is 7. The van der Waals surface area contributed by atoms with E-state index in [-0.39, 0.29) is 0 Å². The van der Waals surface area contributed by atoms with Crippen LogP contribution in [0.3, 0.4) is 0 Å². The molecule has 0 aliphatic rings. The second kappa shape index (κ2) is 13.8. The van der Waals surface area contributed by atoms with Crippen molar-refractivity contribution in [3.8, 4) is 56.3 Å². The van der Waals surface area contributed by atoms with E-state index >= 15 is 0 Å². The summed E-state index contributed by atoms with van der Waals surface area (Å²) in [5.41, 5.74) is 15.5. The maximum atomic E-state index is 5.30. The van der Waals surface area contributed by atoms with E-state index in [0.29, 0.717) is 5.82 Å². The van der Waals surface area contributed by atoms with E-state index in [4.69, 9.17) is 9.97 Å². The Labute approximate surface area is 346 Å². The van der Waals surface area contributed by atoms with Crippen LogP contribution < -0.4 is 0 Å². The minimum Gasteiger partial charge on any atom is -0.309 e. The Hall–Kier alpha value is -8.08. The van der Waals surface area contributed by atoms with Crippen molar-refractivity contribution in [2.45, 2.75) is 0 Å². The summed E-state index contributed by atoms with van der Waals surface area (Å²) in [6.45, 7) is 0. The molecule has 0 aliphatic carbocycles. The van der Waals surface area contributed by atoms with Gasteiger partial charge in [0.05, 0.1) is 33.3 Å². The van der Waals surface area contributed by atoms with Crippen molar-refractivity contribution in [2.75, 3.05) is 0 Å². The summed E-state index contributed by atoms with van der Waals surface area (Å²) in [5.74, 6) is 0.703. The lowest BCUT2D eigenvalue weighted by Gasteiger charge is -2.12. The molecule has 280 valence electrons. The van der Waals surface area contributed by atoms with Gasteiger partial charge in [0, 0.05) is 49.4 Å². The molecule has 3 aromatic heterocycles. The van der Waals surface area contributed by atoms with Gasteiger partial charge in [0.25, 0.3) is 0 Å². The van der Waals surface area contributed by atoms with Crippen LogP contribution in [0, 0.1) is 0 Å². The Bertz CT molecular complexity index is 3570. The Morgan fingerprint density at radius 2 is 0.700 bits per heavy atom. The summed E-state index contributed by atoms with van der Waals surface area (Å²) in [6.07, 6.45) is 0. The topological polar surface area (TPSA) is 35.6 Å². The largest absolute Gasteiger partial charge is 0.309 e. The number of rotatable bonds is 6. The van der Waals surface area contributed by atoms with Gasteiger partial charge in [0.1, 0.15) is 0 Å². The first-order chi connectivity index (χ1) is 29.7. The smallest absolute Gasteiger partial charge is 0.160 e. The van der Waals surface area contributed by atoms with Crippen LogP contribution in [0.5, 0.6) is 0 Å². The number of hydrogen-bond acceptors (Lipinski definition) is 2. The first-order valence-corrected chi connectivity index (χ1v) is 20.4. The first-order valence-electron chi connectivity index (χ1n) is 20.4. The maximum absolute atomic E-state index is 5.30. The van der Waals surface area contributed by atoms with Crippen molar-refractivity contribution in [3.63, 3.8) is 0 Å². The van der Waals surface area contributed by atoms with Gasteiger partial charge in [-0.3, -0.25) is 0 Å². The Morgan fingerprint density at radius 3 is 1.28 bits per heavy atom. The molecule has 0 radical (unpaired) electrons. The molecule has 0 fully saturated rings. The summed E-state index contributed by atoms with van der Waals surface area (Å²) in [6, 6.07) is 77.9. The summed E-state index contributed by atoms with van der Waals surface area (Å²) < 4.78 is 4.73. The third-order valence-corrected chi connectivity index (χ3v) is 11.9. The molecular formula is C56H36N4. The third kappa shape index (κ3) is 5.53. The van der Waals surface area contributed by atoms with Crippen LogP contribution in [-0.2, 0) is 0 Å². The number of aromatic nitrogens is 4. The summed E-state index contributed by atoms with van der Waals surface area (Å²) in [4.78, 5) is 10.5. The van der Waals surface area contributed by atoms with Gasteiger partial charge in [-0.2, -0.15) is 0 Å². The molecule has 60 heavy (non-hydrogen) atoms. The predicted molar refractivity (Wildman–Crippen MR) is 250 cm³/mol. The van der Waals surface area contributed by atoms with E-state index in [1.807, 2.05) is 0 Å². The fourth-order valence-corrected chi connectivity index (χ4v) is 9.08. The molecule has 0 bridgehead atoms. The highest BCUT2D eigenvalue weighted by molar-refractivity contribution is 6.11. The second-order valence-electron chi connectivity index (χ2n) is 15.4. The lowest BCUT2D eigenvalue weighted by Crippen LogP contribution is -1.96. The SMILES string of the molecule is c1ccc(-c2nc(-c3ccc(-c4ccc5c6ccccc6n(-c6ccccc6)c5c4)cc3)nc3ccc(-c4ccc5c6ccccc6n(-c6ccccc6)c5c4)cc23)cc1. The standard InChI is InChI=1S/C56H36N4/c1-4-14-38(15-5-1)55-49-34-40(42-29-32-48-46-21-11-13-23-52(46)60(54(48)36-42)44-18-8-3-9-19-44)30-33-50(49)57-56(58-55)39-26-24-37(25-27-39)41-28-31-47-45-20-10-12-22-51(45)59(53(47)35-41)43-16-6-2-7-17-43/h1-36H. The second-order valence-corrected chi connectivity index (χ2v) is 15.4. The third-order valence-electron chi connectivity index (χ3n) is 11.9. The molecule has 0 N–H and O–H groups in total. The van der Waals surface area contributed by atoms with Crippen molar-refractivity contribution < 1.29 is 0 Å². The molecule has 0 atom stereocenters. The zero-order valence-corrected chi connectivity index (χ0v) is 32.6. The Balaban J connectivity index is 0.952. The minimum atomic E-state index is 0.703. The molecule has 4 heteroatoms. The van der Waals surface area contributed by atoms with Crippen LogP contribution >= 0.6 is 0 Å². The Morgan fingerprint density at radius 1 is 0.267 bits per heavy atom. The molecule has 0 unspecified atom stereocenters. The van der Waals surface area contributed by atoms with Crippen LogP contribution in [0.4, 0.5) is 0 Å². The summed E-state index contributed by atoms with van der Waals surface area (Å²) >= 11 is 0. The monoisotopic (exact) mass is 764 g/mol. The number of para-hydroxylation sites is 4. The fraction of sp³-hybridized carbons (Fsp3) is 0. The highest BCUT2D eigenvalue weighted by Gasteiger charge is 2.17. The van der Waals surface area contributed by atoms with E-state index in [9.17, 15) is 0 Å². The van der Waals surface area contributed by atoms with Gasteiger partial charge >= 0.3 is 0 Å². The molecule has 9 aromatic carbocycles. The lowest BCUT2D eigenvalue weighted by molar-refractivity contribution is 1.18. The fourth-order valence-electron chi connectivity index (χ4n) is 9.08. The van der Waals surface area contributed by atoms with Crippen molar-refractivity contribution in [2.24, 2.45) is 0 Å². The summed E-state index contributed by atoms with van der Waals surface area (Å²) in [7, 11) is 0. The number of nitrogens with zero attached hydrogens (tertiary/aromatic N) is 4. The van der Waals surface area contributed by atoms with Crippen molar-refractivity contribution in [3.05, 3.63) is 218 Å². The van der Waals surface area contributed by atoms with Gasteiger partial charge in [0.15, 0.2) is 5.82 Å². The zero-order valence-electron chi connectivity index (χ0n) is 32.6. The maximum Gasteiger partial charge on any atom is 0.160 e. The van der Waals surface area contributed by atoms with Crippen LogP contribution in [0.25, 0.3) is 111 Å². The van der Waals surface area contributed by atoms with Crippen LogP contribution in [-0.4, -0.2) is 19.1 Å². The van der Waals surface area contributed by atoms with Crippen LogP contribution in [0.1, 0.15) is 0 Å². The van der Waals surface area contributed by atoms with Crippen molar-refractivity contribution in [1.82, 2.24) is 19.1 Å². The van der Waals surface area contributed by atoms with E-state index < -0.39 is 0 Å². The Kier molecular flexibility index (Phi) is 7.82. The molecule has 0 saturated heterocycles. The van der Waals surface area contributed by atoms with Crippen molar-refractivity contribution >= 4 is 54.5 Å². The summed E-state index contributed by atoms with van der Waals surface area (Å²) in [5, 5.41) is 5.99. The highest BCUT2D eigenvalue weighted by atomic mass is 15.0. The highest BCUT2D eigenvalue weighted by Crippen LogP contribution is 2.38. The molecular weight excluding hydrogens is 729 g/mol. The lowest BCUT2D eigenvalue weighted by atomic mass is 9.98. The average molecular weight is 765 g/mol. The predicted octanol–water partition coefficient (Wildman–Crippen LogP) is 14.5. The minimum absolute atomic E-state index is 0.703. The van der Waals surface area contributed by atoms with E-state index in [0.717, 1.165) is 61.4 Å². The van der Waals surface area contributed by atoms with Gasteiger partial charge in [0.2, 0.25) is 0 Å². The van der Waals surface area contributed by atoms with E-state index in [1.54, 1.807) is 0 Å². The number of benzene rings is 9. The normalized spacial score (nSPS) is 11.7. The van der Waals surface area contributed by atoms with E-state index in [1.165, 1.54) is 43.6 Å². The molecule has 3 heterocycles. The van der Waals surface area contributed by atoms with Gasteiger partial charge < -0.3 is 9.13 Å². The quantitative estimate of drug-likeness (QED) is 0.169. The van der Waals surface area contributed by atoms with Crippen molar-refractivity contribution in [1.29, 1.82) is 0 Å². The van der Waals surface area contributed by atoms with Gasteiger partial charge in [-0.1, -0.05) is 158 Å². The molecule has 0 amide bonds. The first kappa shape index (κ1) is 34.0. The molecule has 4 nitrogen and oxygen atoms in total. The molecule has 0 spiro atoms. The molecule has 0 aliphatic heterocycles. The van der Waals surface area contributed by atoms with Gasteiger partial charge in [-0.25, -0.2) is 9.97 Å². The van der Waals surface area contributed by atoms with Crippen LogP contribution in [0.2, 0.25) is 0 Å². The van der Waals surface area contributed by atoms with E-state index in [2.05, 4.69) is 228 Å². The molecule has 12 rings (SSSR count). The van der Waals surface area contributed by atoms with Gasteiger partial charge in [-0.05, 0) is 82.9 Å². The van der Waals surface area contributed by atoms with Gasteiger partial charge in [-0.15, -0.1) is 0 Å². The molecule has 0 saturated carbocycles. The van der Waals surface area contributed by atoms with Crippen LogP contribution in [0.15, 0.2) is 218 Å². The molecule has 12 aromatic rings. The zero-order chi connectivity index (χ0) is 39.6. The average Bonchev–Trinajstić information content (AvgIpc) is 3.84. The number of hydrogen-bond donors (Lipinski definition) is 0.